The normalized spacial score (nSPS) is 10.6. The molecule has 0 aliphatic heterocycles. The number of rotatable bonds is 5. The second-order valence-electron chi connectivity index (χ2n) is 3.81. The Morgan fingerprint density at radius 3 is 2.68 bits per heavy atom. The molecule has 0 aliphatic carbocycles. The van der Waals surface area contributed by atoms with Crippen molar-refractivity contribution < 1.29 is 14.6 Å². The van der Waals surface area contributed by atoms with E-state index in [9.17, 15) is 4.79 Å². The lowest BCUT2D eigenvalue weighted by Gasteiger charge is -2.06. The second kappa shape index (κ2) is 5.81. The Bertz CT molecular complexity index is 580. The highest BCUT2D eigenvalue weighted by Gasteiger charge is 2.20. The molecule has 2 rings (SSSR count). The Labute approximate surface area is 114 Å². The van der Waals surface area contributed by atoms with Crippen LogP contribution in [0.25, 0.3) is 11.3 Å². The van der Waals surface area contributed by atoms with Crippen LogP contribution in [-0.4, -0.2) is 39.8 Å². The van der Waals surface area contributed by atoms with E-state index in [4.69, 9.17) is 21.4 Å². The molecule has 100 valence electrons. The van der Waals surface area contributed by atoms with E-state index in [0.717, 1.165) is 0 Å². The molecule has 19 heavy (non-hydrogen) atoms. The summed E-state index contributed by atoms with van der Waals surface area (Å²) in [7, 11) is 1.57. The first kappa shape index (κ1) is 13.5. The van der Waals surface area contributed by atoms with Gasteiger partial charge in [0, 0.05) is 17.7 Å². The Morgan fingerprint density at radius 2 is 2.11 bits per heavy atom. The van der Waals surface area contributed by atoms with Crippen molar-refractivity contribution in [3.05, 3.63) is 35.0 Å². The molecular weight excluding hydrogens is 270 g/mol. The highest BCUT2D eigenvalue weighted by atomic mass is 35.5. The van der Waals surface area contributed by atoms with Crippen LogP contribution in [0.1, 0.15) is 10.5 Å². The largest absolute Gasteiger partial charge is 0.476 e. The van der Waals surface area contributed by atoms with Crippen molar-refractivity contribution in [2.24, 2.45) is 0 Å². The topological polar surface area (TPSA) is 77.2 Å². The number of carboxylic acids is 1. The van der Waals surface area contributed by atoms with E-state index in [1.165, 1.54) is 4.68 Å². The molecule has 1 N–H and O–H groups in total. The van der Waals surface area contributed by atoms with Gasteiger partial charge >= 0.3 is 5.97 Å². The fourth-order valence-corrected chi connectivity index (χ4v) is 1.81. The van der Waals surface area contributed by atoms with Crippen LogP contribution in [-0.2, 0) is 11.3 Å². The number of benzene rings is 1. The Kier molecular flexibility index (Phi) is 4.13. The maximum Gasteiger partial charge on any atom is 0.358 e. The van der Waals surface area contributed by atoms with Crippen molar-refractivity contribution in [2.45, 2.75) is 6.54 Å². The molecule has 0 radical (unpaired) electrons. The SMILES string of the molecule is COCCn1nnc(C(=O)O)c1-c1ccc(Cl)cc1. The van der Waals surface area contributed by atoms with E-state index in [1.807, 2.05) is 0 Å². The fraction of sp³-hybridized carbons (Fsp3) is 0.250. The molecule has 0 unspecified atom stereocenters. The zero-order chi connectivity index (χ0) is 13.8. The molecule has 0 saturated carbocycles. The van der Waals surface area contributed by atoms with Crippen LogP contribution < -0.4 is 0 Å². The van der Waals surface area contributed by atoms with E-state index >= 15 is 0 Å². The summed E-state index contributed by atoms with van der Waals surface area (Å²) < 4.78 is 6.48. The number of hydrogen-bond acceptors (Lipinski definition) is 4. The predicted octanol–water partition coefficient (Wildman–Crippen LogP) is 1.94. The summed E-state index contributed by atoms with van der Waals surface area (Å²) in [6.07, 6.45) is 0. The van der Waals surface area contributed by atoms with Crippen molar-refractivity contribution in [1.29, 1.82) is 0 Å². The number of ether oxygens (including phenoxy) is 1. The van der Waals surface area contributed by atoms with Crippen molar-refractivity contribution >= 4 is 17.6 Å². The third kappa shape index (κ3) is 2.91. The zero-order valence-electron chi connectivity index (χ0n) is 10.2. The van der Waals surface area contributed by atoms with Gasteiger partial charge in [0.15, 0.2) is 5.69 Å². The molecule has 0 bridgehead atoms. The number of nitrogens with zero attached hydrogens (tertiary/aromatic N) is 3. The van der Waals surface area contributed by atoms with Gasteiger partial charge in [0.2, 0.25) is 0 Å². The number of carbonyl (C=O) groups is 1. The molecule has 1 aromatic heterocycles. The molecule has 2 aromatic rings. The molecule has 1 heterocycles. The van der Waals surface area contributed by atoms with Gasteiger partial charge in [-0.3, -0.25) is 0 Å². The van der Waals surface area contributed by atoms with Crippen LogP contribution >= 0.6 is 11.6 Å². The third-order valence-corrected chi connectivity index (χ3v) is 2.81. The first-order chi connectivity index (χ1) is 9.13. The quantitative estimate of drug-likeness (QED) is 0.906. The van der Waals surface area contributed by atoms with Crippen LogP contribution in [0.3, 0.4) is 0 Å². The van der Waals surface area contributed by atoms with E-state index in [0.29, 0.717) is 29.4 Å². The Morgan fingerprint density at radius 1 is 1.42 bits per heavy atom. The predicted molar refractivity (Wildman–Crippen MR) is 69.3 cm³/mol. The highest BCUT2D eigenvalue weighted by molar-refractivity contribution is 6.30. The van der Waals surface area contributed by atoms with Crippen molar-refractivity contribution in [1.82, 2.24) is 15.0 Å². The first-order valence-electron chi connectivity index (χ1n) is 5.55. The molecule has 0 fully saturated rings. The van der Waals surface area contributed by atoms with E-state index in [1.54, 1.807) is 31.4 Å². The lowest BCUT2D eigenvalue weighted by molar-refractivity contribution is 0.0691. The standard InChI is InChI=1S/C12H12ClN3O3/c1-19-7-6-16-11(10(12(17)18)14-15-16)8-2-4-9(13)5-3-8/h2-5H,6-7H2,1H3,(H,17,18). The van der Waals surface area contributed by atoms with Gasteiger partial charge in [0.25, 0.3) is 0 Å². The number of hydrogen-bond donors (Lipinski definition) is 1. The molecule has 1 aromatic carbocycles. The monoisotopic (exact) mass is 281 g/mol. The summed E-state index contributed by atoms with van der Waals surface area (Å²) in [5, 5.41) is 17.3. The summed E-state index contributed by atoms with van der Waals surface area (Å²) in [6.45, 7) is 0.845. The minimum Gasteiger partial charge on any atom is -0.476 e. The summed E-state index contributed by atoms with van der Waals surface area (Å²) in [5.41, 5.74) is 1.06. The molecule has 0 saturated heterocycles. The minimum atomic E-state index is -1.12. The van der Waals surface area contributed by atoms with Gasteiger partial charge in [0.05, 0.1) is 13.2 Å². The third-order valence-electron chi connectivity index (χ3n) is 2.56. The van der Waals surface area contributed by atoms with Crippen LogP contribution in [0, 0.1) is 0 Å². The summed E-state index contributed by atoms with van der Waals surface area (Å²) in [5.74, 6) is -1.12. The van der Waals surface area contributed by atoms with Crippen LogP contribution in [0.4, 0.5) is 0 Å². The molecule has 0 atom stereocenters. The summed E-state index contributed by atoms with van der Waals surface area (Å²) >= 11 is 5.82. The molecule has 0 spiro atoms. The van der Waals surface area contributed by atoms with Crippen LogP contribution in [0.2, 0.25) is 5.02 Å². The average molecular weight is 282 g/mol. The lowest BCUT2D eigenvalue weighted by atomic mass is 10.1. The van der Waals surface area contributed by atoms with Gasteiger partial charge in [-0.2, -0.15) is 0 Å². The van der Waals surface area contributed by atoms with E-state index in [-0.39, 0.29) is 5.69 Å². The van der Waals surface area contributed by atoms with Crippen molar-refractivity contribution in [2.75, 3.05) is 13.7 Å². The van der Waals surface area contributed by atoms with E-state index in [2.05, 4.69) is 10.3 Å². The number of halogens is 1. The summed E-state index contributed by atoms with van der Waals surface area (Å²) in [4.78, 5) is 11.2. The van der Waals surface area contributed by atoms with Gasteiger partial charge in [-0.1, -0.05) is 28.9 Å². The summed E-state index contributed by atoms with van der Waals surface area (Å²) in [6, 6.07) is 6.85. The maximum absolute atomic E-state index is 11.2. The first-order valence-corrected chi connectivity index (χ1v) is 5.93. The zero-order valence-corrected chi connectivity index (χ0v) is 11.0. The molecule has 7 heteroatoms. The number of carboxylic acid groups (broad SMARTS) is 1. The Balaban J connectivity index is 2.47. The van der Waals surface area contributed by atoms with E-state index < -0.39 is 5.97 Å². The Hall–Kier alpha value is -1.92. The van der Waals surface area contributed by atoms with Gasteiger partial charge in [-0.05, 0) is 12.1 Å². The van der Waals surface area contributed by atoms with Gasteiger partial charge in [0.1, 0.15) is 5.69 Å². The van der Waals surface area contributed by atoms with Gasteiger partial charge in [-0.15, -0.1) is 5.10 Å². The smallest absolute Gasteiger partial charge is 0.358 e. The number of aromatic carboxylic acids is 1. The molecule has 0 aliphatic rings. The highest BCUT2D eigenvalue weighted by Crippen LogP contribution is 2.24. The fourth-order valence-electron chi connectivity index (χ4n) is 1.68. The number of aromatic nitrogens is 3. The average Bonchev–Trinajstić information content (AvgIpc) is 2.81. The minimum absolute atomic E-state index is 0.0848. The molecular formula is C12H12ClN3O3. The lowest BCUT2D eigenvalue weighted by Crippen LogP contribution is -2.08. The molecule has 6 nitrogen and oxygen atoms in total. The maximum atomic E-state index is 11.2. The van der Waals surface area contributed by atoms with Crippen molar-refractivity contribution in [3.8, 4) is 11.3 Å². The van der Waals surface area contributed by atoms with Gasteiger partial charge in [-0.25, -0.2) is 9.48 Å². The number of methoxy groups -OCH3 is 1. The van der Waals surface area contributed by atoms with Crippen LogP contribution in [0.15, 0.2) is 24.3 Å². The molecule has 0 amide bonds. The van der Waals surface area contributed by atoms with Crippen molar-refractivity contribution in [3.63, 3.8) is 0 Å². The van der Waals surface area contributed by atoms with Crippen LogP contribution in [0.5, 0.6) is 0 Å². The second-order valence-corrected chi connectivity index (χ2v) is 4.25. The van der Waals surface area contributed by atoms with Gasteiger partial charge < -0.3 is 9.84 Å².